The van der Waals surface area contributed by atoms with Gasteiger partial charge in [0.2, 0.25) is 5.88 Å². The van der Waals surface area contributed by atoms with Crippen LogP contribution in [0.1, 0.15) is 43.5 Å². The number of rotatable bonds is 2. The van der Waals surface area contributed by atoms with Gasteiger partial charge < -0.3 is 19.9 Å². The highest BCUT2D eigenvalue weighted by Crippen LogP contribution is 2.28. The van der Waals surface area contributed by atoms with Crippen molar-refractivity contribution in [3.63, 3.8) is 0 Å². The Balaban J connectivity index is 0.000000457. The van der Waals surface area contributed by atoms with Gasteiger partial charge in [0.15, 0.2) is 4.60 Å². The highest BCUT2D eigenvalue weighted by molar-refractivity contribution is 9.10. The first-order valence-corrected chi connectivity index (χ1v) is 8.12. The van der Waals surface area contributed by atoms with Crippen LogP contribution in [0.3, 0.4) is 0 Å². The smallest absolute Gasteiger partial charge is 0.343 e. The maximum Gasteiger partial charge on any atom is 0.343 e. The summed E-state index contributed by atoms with van der Waals surface area (Å²) in [7, 11) is 2.61. The number of aromatic nitrogens is 1. The molecule has 1 aliphatic heterocycles. The van der Waals surface area contributed by atoms with Gasteiger partial charge in [-0.3, -0.25) is 0 Å². The highest BCUT2D eigenvalue weighted by atomic mass is 79.9. The fraction of sp³-hybridized carbons (Fsp3) is 0.600. The second-order valence-electron chi connectivity index (χ2n) is 4.16. The zero-order chi connectivity index (χ0) is 17.0. The molecule has 1 saturated heterocycles. The summed E-state index contributed by atoms with van der Waals surface area (Å²) in [5, 5.41) is 12.6. The molecule has 1 aliphatic rings. The minimum Gasteiger partial charge on any atom is -0.505 e. The van der Waals surface area contributed by atoms with Gasteiger partial charge in [-0.1, -0.05) is 20.3 Å². The van der Waals surface area contributed by atoms with Crippen LogP contribution in [0.15, 0.2) is 10.7 Å². The van der Waals surface area contributed by atoms with Crippen molar-refractivity contribution in [1.29, 1.82) is 0 Å². The minimum absolute atomic E-state index is 0.0794. The van der Waals surface area contributed by atoms with Crippen molar-refractivity contribution in [2.45, 2.75) is 33.1 Å². The summed E-state index contributed by atoms with van der Waals surface area (Å²) in [6, 6.07) is 1.22. The van der Waals surface area contributed by atoms with Crippen molar-refractivity contribution in [3.05, 3.63) is 16.2 Å². The van der Waals surface area contributed by atoms with E-state index in [2.05, 4.69) is 31.0 Å². The molecule has 2 heterocycles. The van der Waals surface area contributed by atoms with Crippen LogP contribution in [0.5, 0.6) is 11.6 Å². The Hall–Kier alpha value is -1.34. The minimum atomic E-state index is -0.614. The molecule has 1 aromatic heterocycles. The molecule has 2 N–H and O–H groups in total. The molecular formula is C15H25BrN2O4. The van der Waals surface area contributed by atoms with Crippen LogP contribution in [-0.4, -0.2) is 43.4 Å². The number of hydrogen-bond acceptors (Lipinski definition) is 6. The summed E-state index contributed by atoms with van der Waals surface area (Å²) in [5.41, 5.74) is 0.0794. The Bertz CT molecular complexity index is 440. The lowest BCUT2D eigenvalue weighted by Gasteiger charge is -2.08. The van der Waals surface area contributed by atoms with Crippen molar-refractivity contribution in [2.75, 3.05) is 27.3 Å². The van der Waals surface area contributed by atoms with Gasteiger partial charge in [-0.25, -0.2) is 9.78 Å². The first kappa shape index (κ1) is 20.7. The van der Waals surface area contributed by atoms with Gasteiger partial charge >= 0.3 is 5.97 Å². The fourth-order valence-electron chi connectivity index (χ4n) is 1.68. The van der Waals surface area contributed by atoms with Crippen LogP contribution >= 0.6 is 15.9 Å². The van der Waals surface area contributed by atoms with Crippen molar-refractivity contribution in [2.24, 2.45) is 0 Å². The zero-order valence-corrected chi connectivity index (χ0v) is 15.2. The number of methoxy groups -OCH3 is 2. The number of hydrogen-bond donors (Lipinski definition) is 2. The molecule has 0 aromatic carbocycles. The van der Waals surface area contributed by atoms with Crippen LogP contribution in [-0.2, 0) is 4.74 Å². The predicted molar refractivity (Wildman–Crippen MR) is 89.6 cm³/mol. The van der Waals surface area contributed by atoms with E-state index in [0.717, 1.165) is 0 Å². The summed E-state index contributed by atoms with van der Waals surface area (Å²) >= 11 is 3.00. The maximum atomic E-state index is 11.2. The Morgan fingerprint density at radius 1 is 1.27 bits per heavy atom. The quantitative estimate of drug-likeness (QED) is 0.609. The number of halogens is 1. The van der Waals surface area contributed by atoms with Crippen LogP contribution in [0, 0.1) is 0 Å². The molecule has 0 amide bonds. The molecule has 1 aromatic rings. The van der Waals surface area contributed by atoms with Crippen molar-refractivity contribution in [1.82, 2.24) is 10.3 Å². The van der Waals surface area contributed by atoms with Gasteiger partial charge in [0, 0.05) is 6.07 Å². The maximum absolute atomic E-state index is 11.2. The lowest BCUT2D eigenvalue weighted by atomic mass is 10.2. The van der Waals surface area contributed by atoms with E-state index in [1.54, 1.807) is 0 Å². The molecule has 1 fully saturated rings. The van der Waals surface area contributed by atoms with Gasteiger partial charge in [-0.2, -0.15) is 0 Å². The zero-order valence-electron chi connectivity index (χ0n) is 13.6. The molecule has 0 saturated carbocycles. The Kier molecular flexibility index (Phi) is 11.5. The number of nitrogens with one attached hydrogen (secondary N) is 1. The standard InChI is InChI=1S/C8H8BrNO4.C5H11N.C2H6/c1-13-7-4(8(12)14-2)3-5(11)6(9)10-7;1-2-4-6-5-3-1;1-2/h3,11H,1-2H3;6H,1-5H2;1-2H3. The SMILES string of the molecule is C1CCNCC1.CC.COC(=O)c1cc(O)c(Br)nc1OC. The number of pyridine rings is 1. The predicted octanol–water partition coefficient (Wildman–Crippen LogP) is 3.13. The summed E-state index contributed by atoms with van der Waals surface area (Å²) in [5.74, 6) is -0.662. The third-order valence-electron chi connectivity index (χ3n) is 2.73. The molecule has 22 heavy (non-hydrogen) atoms. The topological polar surface area (TPSA) is 80.7 Å². The van der Waals surface area contributed by atoms with E-state index in [0.29, 0.717) is 0 Å². The average Bonchev–Trinajstić information content (AvgIpc) is 2.60. The molecule has 0 aliphatic carbocycles. The summed E-state index contributed by atoms with van der Waals surface area (Å²) in [6.07, 6.45) is 4.22. The number of aromatic hydroxyl groups is 1. The van der Waals surface area contributed by atoms with E-state index in [1.165, 1.54) is 52.6 Å². The van der Waals surface area contributed by atoms with E-state index in [9.17, 15) is 9.90 Å². The van der Waals surface area contributed by atoms with Gasteiger partial charge in [-0.15, -0.1) is 0 Å². The first-order chi connectivity index (χ1) is 10.6. The number of nitrogens with zero attached hydrogens (tertiary/aromatic N) is 1. The molecule has 2 rings (SSSR count). The summed E-state index contributed by atoms with van der Waals surface area (Å²) < 4.78 is 9.55. The summed E-state index contributed by atoms with van der Waals surface area (Å²) in [6.45, 7) is 6.50. The molecule has 0 radical (unpaired) electrons. The lowest BCUT2D eigenvalue weighted by molar-refractivity contribution is 0.0595. The normalized spacial score (nSPS) is 13.0. The molecule has 6 nitrogen and oxygen atoms in total. The molecular weight excluding hydrogens is 352 g/mol. The van der Waals surface area contributed by atoms with Crippen molar-refractivity contribution >= 4 is 21.9 Å². The van der Waals surface area contributed by atoms with E-state index in [1.807, 2.05) is 13.8 Å². The fourth-order valence-corrected chi connectivity index (χ4v) is 1.95. The van der Waals surface area contributed by atoms with Crippen LogP contribution in [0.25, 0.3) is 0 Å². The second kappa shape index (κ2) is 12.2. The first-order valence-electron chi connectivity index (χ1n) is 7.32. The Morgan fingerprint density at radius 2 is 1.86 bits per heavy atom. The van der Waals surface area contributed by atoms with Crippen LogP contribution in [0.2, 0.25) is 0 Å². The number of carbonyl (C=O) groups is 1. The average molecular weight is 377 g/mol. The van der Waals surface area contributed by atoms with Crippen LogP contribution in [0.4, 0.5) is 0 Å². The summed E-state index contributed by atoms with van der Waals surface area (Å²) in [4.78, 5) is 15.0. The lowest BCUT2D eigenvalue weighted by Crippen LogP contribution is -2.21. The number of piperidine rings is 1. The van der Waals surface area contributed by atoms with Gasteiger partial charge in [0.05, 0.1) is 14.2 Å². The van der Waals surface area contributed by atoms with Gasteiger partial charge in [0.1, 0.15) is 11.3 Å². The van der Waals surface area contributed by atoms with E-state index >= 15 is 0 Å². The number of carbonyl (C=O) groups excluding carboxylic acids is 1. The molecule has 126 valence electrons. The van der Waals surface area contributed by atoms with E-state index in [-0.39, 0.29) is 21.8 Å². The molecule has 0 unspecified atom stereocenters. The highest BCUT2D eigenvalue weighted by Gasteiger charge is 2.17. The van der Waals surface area contributed by atoms with E-state index in [4.69, 9.17) is 4.74 Å². The van der Waals surface area contributed by atoms with E-state index < -0.39 is 5.97 Å². The number of ether oxygens (including phenoxy) is 2. The molecule has 7 heteroatoms. The van der Waals surface area contributed by atoms with Gasteiger partial charge in [-0.05, 0) is 41.9 Å². The van der Waals surface area contributed by atoms with Gasteiger partial charge in [0.25, 0.3) is 0 Å². The number of esters is 1. The van der Waals surface area contributed by atoms with Crippen molar-refractivity contribution < 1.29 is 19.4 Å². The second-order valence-corrected chi connectivity index (χ2v) is 4.91. The largest absolute Gasteiger partial charge is 0.505 e. The van der Waals surface area contributed by atoms with Crippen molar-refractivity contribution in [3.8, 4) is 11.6 Å². The molecule has 0 bridgehead atoms. The Morgan fingerprint density at radius 3 is 2.23 bits per heavy atom. The van der Waals surface area contributed by atoms with Crippen LogP contribution < -0.4 is 10.1 Å². The Labute approximate surface area is 140 Å². The molecule has 0 atom stereocenters. The monoisotopic (exact) mass is 376 g/mol. The molecule has 0 spiro atoms. The third kappa shape index (κ3) is 7.09. The third-order valence-corrected chi connectivity index (χ3v) is 3.31.